The highest BCUT2D eigenvalue weighted by Gasteiger charge is 2.19. The number of nitrogens with zero attached hydrogens (tertiary/aromatic N) is 4. The van der Waals surface area contributed by atoms with Crippen LogP contribution in [0.15, 0.2) is 12.4 Å². The van der Waals surface area contributed by atoms with Gasteiger partial charge in [-0.1, -0.05) is 11.4 Å². The van der Waals surface area contributed by atoms with E-state index in [1.165, 1.54) is 23.4 Å². The van der Waals surface area contributed by atoms with Crippen LogP contribution in [0.25, 0.3) is 0 Å². The van der Waals surface area contributed by atoms with Crippen LogP contribution < -0.4 is 0 Å². The fourth-order valence-corrected chi connectivity index (χ4v) is 2.20. The van der Waals surface area contributed by atoms with E-state index in [-0.39, 0.29) is 18.3 Å². The summed E-state index contributed by atoms with van der Waals surface area (Å²) in [5, 5.41) is 10.7. The first-order valence-corrected chi connectivity index (χ1v) is 6.06. The molecule has 7 nitrogen and oxygen atoms in total. The van der Waals surface area contributed by atoms with E-state index >= 15 is 0 Å². The third-order valence-electron chi connectivity index (χ3n) is 3.05. The van der Waals surface area contributed by atoms with Gasteiger partial charge in [-0.3, -0.25) is 9.69 Å². The van der Waals surface area contributed by atoms with Crippen molar-refractivity contribution < 1.29 is 9.72 Å². The number of hydrogen-bond donors (Lipinski definition) is 0. The van der Waals surface area contributed by atoms with Crippen molar-refractivity contribution in [2.75, 3.05) is 19.6 Å². The quantitative estimate of drug-likeness (QED) is 0.573. The topological polar surface area (TPSA) is 81.3 Å². The summed E-state index contributed by atoms with van der Waals surface area (Å²) in [7, 11) is 0. The van der Waals surface area contributed by atoms with Crippen LogP contribution in [0, 0.1) is 10.1 Å². The third kappa shape index (κ3) is 3.13. The lowest BCUT2D eigenvalue weighted by atomic mass is 10.1. The fourth-order valence-electron chi connectivity index (χ4n) is 2.20. The fraction of sp³-hybridized carbons (Fsp3) is 0.636. The molecule has 18 heavy (non-hydrogen) atoms. The average Bonchev–Trinajstić information content (AvgIpc) is 2.78. The smallest absolute Gasteiger partial charge is 0.390 e. The molecule has 0 bridgehead atoms. The summed E-state index contributed by atoms with van der Waals surface area (Å²) < 4.78 is 1.28. The van der Waals surface area contributed by atoms with Crippen molar-refractivity contribution in [2.45, 2.75) is 25.8 Å². The Morgan fingerprint density at radius 1 is 1.33 bits per heavy atom. The zero-order valence-corrected chi connectivity index (χ0v) is 10.1. The van der Waals surface area contributed by atoms with Crippen LogP contribution in [-0.2, 0) is 11.3 Å². The Labute approximate surface area is 105 Å². The normalized spacial score (nSPS) is 16.7. The molecular weight excluding hydrogens is 236 g/mol. The number of imidazole rings is 1. The van der Waals surface area contributed by atoms with E-state index in [1.54, 1.807) is 0 Å². The van der Waals surface area contributed by atoms with Crippen molar-refractivity contribution in [1.82, 2.24) is 14.5 Å². The first-order valence-electron chi connectivity index (χ1n) is 6.06. The van der Waals surface area contributed by atoms with Gasteiger partial charge in [-0.25, -0.2) is 4.57 Å². The van der Waals surface area contributed by atoms with Crippen LogP contribution >= 0.6 is 0 Å². The summed E-state index contributed by atoms with van der Waals surface area (Å²) in [6, 6.07) is 0. The highest BCUT2D eigenvalue weighted by Crippen LogP contribution is 2.10. The van der Waals surface area contributed by atoms with Crippen molar-refractivity contribution >= 4 is 11.7 Å². The number of likely N-dealkylation sites (tertiary alicyclic amines) is 1. The van der Waals surface area contributed by atoms with Crippen molar-refractivity contribution in [3.63, 3.8) is 0 Å². The predicted molar refractivity (Wildman–Crippen MR) is 64.2 cm³/mol. The van der Waals surface area contributed by atoms with Crippen LogP contribution in [0.2, 0.25) is 0 Å². The maximum Gasteiger partial charge on any atom is 0.434 e. The number of piperidine rings is 1. The largest absolute Gasteiger partial charge is 0.434 e. The molecule has 1 aromatic rings. The van der Waals surface area contributed by atoms with E-state index in [1.807, 2.05) is 0 Å². The molecule has 0 spiro atoms. The third-order valence-corrected chi connectivity index (χ3v) is 3.05. The van der Waals surface area contributed by atoms with Gasteiger partial charge in [0.1, 0.15) is 18.9 Å². The second-order valence-electron chi connectivity index (χ2n) is 4.49. The van der Waals surface area contributed by atoms with Crippen molar-refractivity contribution in [3.05, 3.63) is 22.5 Å². The Morgan fingerprint density at radius 3 is 2.72 bits per heavy atom. The number of rotatable bonds is 5. The molecule has 0 atom stereocenters. The Balaban J connectivity index is 1.90. The second kappa shape index (κ2) is 5.72. The Bertz CT molecular complexity index is 437. The van der Waals surface area contributed by atoms with Crippen LogP contribution in [-0.4, -0.2) is 44.8 Å². The van der Waals surface area contributed by atoms with Gasteiger partial charge in [0.2, 0.25) is 0 Å². The lowest BCUT2D eigenvalue weighted by molar-refractivity contribution is -0.396. The minimum Gasteiger partial charge on any atom is -0.390 e. The van der Waals surface area contributed by atoms with Crippen molar-refractivity contribution in [2.24, 2.45) is 0 Å². The van der Waals surface area contributed by atoms with Gasteiger partial charge in [-0.2, -0.15) is 0 Å². The summed E-state index contributed by atoms with van der Waals surface area (Å²) in [4.78, 5) is 27.6. The van der Waals surface area contributed by atoms with E-state index in [2.05, 4.69) is 9.88 Å². The molecule has 0 unspecified atom stereocenters. The number of hydrogen-bond acceptors (Lipinski definition) is 5. The molecule has 7 heteroatoms. The summed E-state index contributed by atoms with van der Waals surface area (Å²) in [5.41, 5.74) is 0. The van der Waals surface area contributed by atoms with Gasteiger partial charge in [0.25, 0.3) is 0 Å². The van der Waals surface area contributed by atoms with Crippen molar-refractivity contribution in [1.29, 1.82) is 0 Å². The molecule has 0 N–H and O–H groups in total. The molecule has 1 fully saturated rings. The maximum absolute atomic E-state index is 11.8. The zero-order chi connectivity index (χ0) is 13.0. The van der Waals surface area contributed by atoms with Gasteiger partial charge in [-0.05, 0) is 30.9 Å². The molecule has 98 valence electrons. The first kappa shape index (κ1) is 12.7. The molecule has 0 aromatic carbocycles. The van der Waals surface area contributed by atoms with Crippen LogP contribution in [0.1, 0.15) is 19.3 Å². The van der Waals surface area contributed by atoms with Crippen LogP contribution in [0.5, 0.6) is 0 Å². The minimum atomic E-state index is -0.575. The lowest BCUT2D eigenvalue weighted by Crippen LogP contribution is -2.35. The summed E-state index contributed by atoms with van der Waals surface area (Å²) in [5.74, 6) is -0.292. The molecule has 1 saturated heterocycles. The molecule has 1 aromatic heterocycles. The van der Waals surface area contributed by atoms with Crippen LogP contribution in [0.4, 0.5) is 5.95 Å². The zero-order valence-electron chi connectivity index (χ0n) is 10.1. The Hall–Kier alpha value is -1.76. The first-order chi connectivity index (χ1) is 8.66. The highest BCUT2D eigenvalue weighted by atomic mass is 16.6. The van der Waals surface area contributed by atoms with E-state index < -0.39 is 4.92 Å². The molecule has 0 aliphatic carbocycles. The molecule has 0 amide bonds. The number of carbonyl (C=O) groups is 1. The van der Waals surface area contributed by atoms with Gasteiger partial charge in [-0.15, -0.1) is 0 Å². The number of nitro groups is 1. The average molecular weight is 252 g/mol. The van der Waals surface area contributed by atoms with Gasteiger partial charge in [0.15, 0.2) is 5.78 Å². The van der Waals surface area contributed by atoms with E-state index in [9.17, 15) is 14.9 Å². The molecule has 0 radical (unpaired) electrons. The molecular formula is C11H16N4O3. The van der Waals surface area contributed by atoms with E-state index in [4.69, 9.17) is 0 Å². The summed E-state index contributed by atoms with van der Waals surface area (Å²) >= 11 is 0. The Kier molecular flexibility index (Phi) is 4.03. The monoisotopic (exact) mass is 252 g/mol. The molecule has 2 heterocycles. The Morgan fingerprint density at radius 2 is 2.06 bits per heavy atom. The predicted octanol–water partition coefficient (Wildman–Crippen LogP) is 0.846. The molecule has 2 rings (SSSR count). The lowest BCUT2D eigenvalue weighted by Gasteiger charge is -2.25. The number of ketones is 1. The van der Waals surface area contributed by atoms with E-state index in [0.29, 0.717) is 6.54 Å². The number of aromatic nitrogens is 2. The van der Waals surface area contributed by atoms with Gasteiger partial charge in [0, 0.05) is 0 Å². The second-order valence-corrected chi connectivity index (χ2v) is 4.49. The van der Waals surface area contributed by atoms with Gasteiger partial charge in [0.05, 0.1) is 6.54 Å². The van der Waals surface area contributed by atoms with Crippen molar-refractivity contribution in [3.8, 4) is 0 Å². The standard InChI is InChI=1S/C11H16N4O3/c16-10(8-13-5-2-1-3-6-13)9-14-7-4-12-11(14)15(17)18/h4,7H,1-3,5-6,8-9H2. The summed E-state index contributed by atoms with van der Waals surface area (Å²) in [6.07, 6.45) is 6.27. The summed E-state index contributed by atoms with van der Waals surface area (Å²) in [6.45, 7) is 2.28. The van der Waals surface area contributed by atoms with E-state index in [0.717, 1.165) is 25.9 Å². The van der Waals surface area contributed by atoms with Crippen LogP contribution in [0.3, 0.4) is 0 Å². The molecule has 0 saturated carbocycles. The molecule has 1 aliphatic rings. The molecule has 1 aliphatic heterocycles. The number of Topliss-reactive ketones (excluding diaryl/α,β-unsaturated/α-hetero) is 1. The SMILES string of the molecule is O=C(CN1CCCCC1)Cn1ccnc1[N+](=O)[O-]. The minimum absolute atomic E-state index is 0.0157. The maximum atomic E-state index is 11.8. The van der Waals surface area contributed by atoms with Gasteiger partial charge >= 0.3 is 5.95 Å². The van der Waals surface area contributed by atoms with Gasteiger partial charge < -0.3 is 10.1 Å². The highest BCUT2D eigenvalue weighted by molar-refractivity contribution is 5.80. The number of carbonyl (C=O) groups excluding carboxylic acids is 1.